The first kappa shape index (κ1) is 13.2. The predicted molar refractivity (Wildman–Crippen MR) is 76.5 cm³/mol. The molecular weight excluding hydrogens is 276 g/mol. The van der Waals surface area contributed by atoms with E-state index in [-0.39, 0.29) is 5.92 Å². The molecule has 1 atom stereocenters. The SMILES string of the molecule is Cc1ccc(-n2cc3c(n2)CCC(C(=O)O)C3)cc1Cl. The number of carboxylic acid groups (broad SMARTS) is 1. The van der Waals surface area contributed by atoms with E-state index in [1.807, 2.05) is 31.3 Å². The topological polar surface area (TPSA) is 55.1 Å². The highest BCUT2D eigenvalue weighted by Gasteiger charge is 2.26. The van der Waals surface area contributed by atoms with Crippen molar-refractivity contribution in [3.63, 3.8) is 0 Å². The van der Waals surface area contributed by atoms with Crippen LogP contribution in [-0.4, -0.2) is 20.9 Å². The van der Waals surface area contributed by atoms with Crippen molar-refractivity contribution in [3.8, 4) is 5.69 Å². The Morgan fingerprint density at radius 2 is 2.30 bits per heavy atom. The molecule has 5 heteroatoms. The number of nitrogens with zero attached hydrogens (tertiary/aromatic N) is 2. The highest BCUT2D eigenvalue weighted by molar-refractivity contribution is 6.31. The van der Waals surface area contributed by atoms with Crippen molar-refractivity contribution >= 4 is 17.6 Å². The zero-order valence-corrected chi connectivity index (χ0v) is 11.9. The second-order valence-corrected chi connectivity index (χ2v) is 5.66. The van der Waals surface area contributed by atoms with Crippen LogP contribution in [0.15, 0.2) is 24.4 Å². The molecule has 0 saturated heterocycles. The number of aryl methyl sites for hydroxylation is 2. The lowest BCUT2D eigenvalue weighted by Crippen LogP contribution is -2.21. The summed E-state index contributed by atoms with van der Waals surface area (Å²) in [6.45, 7) is 1.96. The van der Waals surface area contributed by atoms with Crippen LogP contribution in [0.1, 0.15) is 23.2 Å². The molecule has 1 aromatic carbocycles. The van der Waals surface area contributed by atoms with Crippen molar-refractivity contribution in [2.75, 3.05) is 0 Å². The van der Waals surface area contributed by atoms with Crippen molar-refractivity contribution in [2.45, 2.75) is 26.2 Å². The molecule has 0 saturated carbocycles. The highest BCUT2D eigenvalue weighted by Crippen LogP contribution is 2.27. The summed E-state index contributed by atoms with van der Waals surface area (Å²) in [5.41, 5.74) is 3.96. The molecule has 1 N–H and O–H groups in total. The molecule has 0 aliphatic heterocycles. The number of aromatic nitrogens is 2. The van der Waals surface area contributed by atoms with Gasteiger partial charge in [-0.2, -0.15) is 5.10 Å². The first-order chi connectivity index (χ1) is 9.54. The summed E-state index contributed by atoms with van der Waals surface area (Å²) in [5.74, 6) is -1.01. The molecule has 2 aromatic rings. The number of carbonyl (C=O) groups is 1. The summed E-state index contributed by atoms with van der Waals surface area (Å²) in [7, 11) is 0. The zero-order chi connectivity index (χ0) is 14.3. The maximum absolute atomic E-state index is 11.1. The summed E-state index contributed by atoms with van der Waals surface area (Å²) in [5, 5.41) is 14.4. The Morgan fingerprint density at radius 1 is 1.50 bits per heavy atom. The van der Waals surface area contributed by atoms with E-state index in [4.69, 9.17) is 16.7 Å². The molecule has 0 fully saturated rings. The average Bonchev–Trinajstić information content (AvgIpc) is 2.84. The Hall–Kier alpha value is -1.81. The van der Waals surface area contributed by atoms with E-state index < -0.39 is 5.97 Å². The number of aliphatic carboxylic acids is 1. The monoisotopic (exact) mass is 290 g/mol. The number of fused-ring (bicyclic) bond motifs is 1. The fraction of sp³-hybridized carbons (Fsp3) is 0.333. The maximum Gasteiger partial charge on any atom is 0.306 e. The third-order valence-corrected chi connectivity index (χ3v) is 4.25. The van der Waals surface area contributed by atoms with Gasteiger partial charge in [-0.1, -0.05) is 17.7 Å². The largest absolute Gasteiger partial charge is 0.481 e. The first-order valence-electron chi connectivity index (χ1n) is 6.61. The maximum atomic E-state index is 11.1. The summed E-state index contributed by atoms with van der Waals surface area (Å²) < 4.78 is 1.79. The number of benzene rings is 1. The molecule has 1 aliphatic rings. The molecule has 3 rings (SSSR count). The molecule has 0 bridgehead atoms. The van der Waals surface area contributed by atoms with Crippen molar-refractivity contribution in [3.05, 3.63) is 46.2 Å². The van der Waals surface area contributed by atoms with Gasteiger partial charge in [0.15, 0.2) is 0 Å². The number of rotatable bonds is 2. The Morgan fingerprint density at radius 3 is 3.00 bits per heavy atom. The van der Waals surface area contributed by atoms with E-state index in [1.54, 1.807) is 4.68 Å². The third kappa shape index (κ3) is 2.31. The van der Waals surface area contributed by atoms with Crippen LogP contribution in [0.3, 0.4) is 0 Å². The molecule has 1 aromatic heterocycles. The zero-order valence-electron chi connectivity index (χ0n) is 11.1. The van der Waals surface area contributed by atoms with Crippen LogP contribution in [-0.2, 0) is 17.6 Å². The summed E-state index contributed by atoms with van der Waals surface area (Å²) >= 11 is 6.14. The predicted octanol–water partition coefficient (Wildman–Crippen LogP) is 3.02. The Balaban J connectivity index is 1.94. The van der Waals surface area contributed by atoms with Crippen LogP contribution in [0.25, 0.3) is 5.69 Å². The second-order valence-electron chi connectivity index (χ2n) is 5.26. The van der Waals surface area contributed by atoms with Gasteiger partial charge in [0.25, 0.3) is 0 Å². The lowest BCUT2D eigenvalue weighted by molar-refractivity contribution is -0.142. The number of hydrogen-bond acceptors (Lipinski definition) is 2. The van der Waals surface area contributed by atoms with Crippen molar-refractivity contribution in [2.24, 2.45) is 5.92 Å². The van der Waals surface area contributed by atoms with Crippen LogP contribution >= 0.6 is 11.6 Å². The molecule has 1 heterocycles. The van der Waals surface area contributed by atoms with Gasteiger partial charge in [0.05, 0.1) is 17.3 Å². The molecule has 0 spiro atoms. The van der Waals surface area contributed by atoms with Gasteiger partial charge >= 0.3 is 5.97 Å². The highest BCUT2D eigenvalue weighted by atomic mass is 35.5. The molecule has 0 amide bonds. The average molecular weight is 291 g/mol. The van der Waals surface area contributed by atoms with Gasteiger partial charge in [0, 0.05) is 11.2 Å². The summed E-state index contributed by atoms with van der Waals surface area (Å²) in [4.78, 5) is 11.1. The van der Waals surface area contributed by atoms with Crippen LogP contribution in [0, 0.1) is 12.8 Å². The van der Waals surface area contributed by atoms with Gasteiger partial charge in [-0.05, 0) is 49.4 Å². The third-order valence-electron chi connectivity index (χ3n) is 3.84. The lowest BCUT2D eigenvalue weighted by atomic mass is 9.88. The molecule has 104 valence electrons. The fourth-order valence-corrected chi connectivity index (χ4v) is 2.75. The van der Waals surface area contributed by atoms with Crippen molar-refractivity contribution < 1.29 is 9.90 Å². The van der Waals surface area contributed by atoms with Crippen LogP contribution < -0.4 is 0 Å². The molecule has 0 radical (unpaired) electrons. The first-order valence-corrected chi connectivity index (χ1v) is 6.99. The quantitative estimate of drug-likeness (QED) is 0.925. The van der Waals surface area contributed by atoms with E-state index in [2.05, 4.69) is 5.10 Å². The molecular formula is C15H15ClN2O2. The molecule has 1 unspecified atom stereocenters. The van der Waals surface area contributed by atoms with Crippen LogP contribution in [0.4, 0.5) is 0 Å². The minimum absolute atomic E-state index is 0.290. The van der Waals surface area contributed by atoms with Crippen molar-refractivity contribution in [1.29, 1.82) is 0 Å². The number of halogens is 1. The van der Waals surface area contributed by atoms with E-state index >= 15 is 0 Å². The van der Waals surface area contributed by atoms with Gasteiger partial charge in [0.2, 0.25) is 0 Å². The van der Waals surface area contributed by atoms with E-state index in [9.17, 15) is 4.79 Å². The molecule has 20 heavy (non-hydrogen) atoms. The summed E-state index contributed by atoms with van der Waals surface area (Å²) in [6, 6.07) is 5.80. The normalized spacial score (nSPS) is 17.8. The van der Waals surface area contributed by atoms with E-state index in [1.165, 1.54) is 0 Å². The molecule has 1 aliphatic carbocycles. The smallest absolute Gasteiger partial charge is 0.306 e. The van der Waals surface area contributed by atoms with Crippen LogP contribution in [0.5, 0.6) is 0 Å². The van der Waals surface area contributed by atoms with Crippen molar-refractivity contribution in [1.82, 2.24) is 9.78 Å². The van der Waals surface area contributed by atoms with Crippen LogP contribution in [0.2, 0.25) is 5.02 Å². The van der Waals surface area contributed by atoms with E-state index in [0.29, 0.717) is 17.9 Å². The summed E-state index contributed by atoms with van der Waals surface area (Å²) in [6.07, 6.45) is 3.86. The Labute approximate surface area is 122 Å². The molecule has 4 nitrogen and oxygen atoms in total. The second kappa shape index (κ2) is 4.94. The number of carboxylic acids is 1. The minimum Gasteiger partial charge on any atom is -0.481 e. The van der Waals surface area contributed by atoms with Gasteiger partial charge in [-0.25, -0.2) is 4.68 Å². The van der Waals surface area contributed by atoms with Gasteiger partial charge in [-0.15, -0.1) is 0 Å². The Kier molecular flexibility index (Phi) is 3.26. The number of hydrogen-bond donors (Lipinski definition) is 1. The Bertz CT molecular complexity index is 679. The van der Waals surface area contributed by atoms with Gasteiger partial charge < -0.3 is 5.11 Å². The minimum atomic E-state index is -0.721. The fourth-order valence-electron chi connectivity index (χ4n) is 2.57. The van der Waals surface area contributed by atoms with Gasteiger partial charge in [0.1, 0.15) is 0 Å². The lowest BCUT2D eigenvalue weighted by Gasteiger charge is -2.16. The standard InChI is InChI=1S/C15H15ClN2O2/c1-9-2-4-12(7-13(9)16)18-8-11-6-10(15(19)20)3-5-14(11)17-18/h2,4,7-8,10H,3,5-6H2,1H3,(H,19,20). The van der Waals surface area contributed by atoms with E-state index in [0.717, 1.165) is 28.9 Å². The van der Waals surface area contributed by atoms with Gasteiger partial charge in [-0.3, -0.25) is 4.79 Å².